The first kappa shape index (κ1) is 17.6. The van der Waals surface area contributed by atoms with Crippen molar-refractivity contribution in [1.82, 2.24) is 0 Å². The van der Waals surface area contributed by atoms with Gasteiger partial charge in [0.2, 0.25) is 0 Å². The average molecular weight is 288 g/mol. The van der Waals surface area contributed by atoms with Crippen molar-refractivity contribution in [2.75, 3.05) is 7.11 Å². The lowest BCUT2D eigenvalue weighted by molar-refractivity contribution is 0.198. The zero-order valence-electron chi connectivity index (χ0n) is 14.2. The Balaban J connectivity index is 2.85. The van der Waals surface area contributed by atoms with Gasteiger partial charge in [-0.15, -0.1) is 5.73 Å². The van der Waals surface area contributed by atoms with Crippen molar-refractivity contribution in [2.24, 2.45) is 0 Å². The fourth-order valence-corrected chi connectivity index (χ4v) is 2.48. The Bertz CT molecular complexity index is 547. The van der Waals surface area contributed by atoms with E-state index in [1.54, 1.807) is 14.0 Å². The van der Waals surface area contributed by atoms with E-state index in [9.17, 15) is 5.11 Å². The van der Waals surface area contributed by atoms with Crippen LogP contribution in [0.25, 0.3) is 0 Å². The Labute approximate surface area is 129 Å². The number of ether oxygens (including phenoxy) is 1. The highest BCUT2D eigenvalue weighted by atomic mass is 16.5. The van der Waals surface area contributed by atoms with Gasteiger partial charge in [-0.25, -0.2) is 0 Å². The number of methoxy groups -OCH3 is 1. The Hall–Kier alpha value is -1.50. The van der Waals surface area contributed by atoms with Crippen LogP contribution in [0.15, 0.2) is 23.4 Å². The lowest BCUT2D eigenvalue weighted by Gasteiger charge is -2.16. The minimum atomic E-state index is -0.293. The fourth-order valence-electron chi connectivity index (χ4n) is 2.48. The van der Waals surface area contributed by atoms with Gasteiger partial charge in [0.05, 0.1) is 13.2 Å². The SMILES string of the molecule is COc1cc(C)c(CCC(C)=C=CCC(C)O)c(C)c1C. The van der Waals surface area contributed by atoms with Gasteiger partial charge in [0.25, 0.3) is 0 Å². The van der Waals surface area contributed by atoms with E-state index in [0.29, 0.717) is 6.42 Å². The predicted molar refractivity (Wildman–Crippen MR) is 89.1 cm³/mol. The Morgan fingerprint density at radius 1 is 1.33 bits per heavy atom. The molecular weight excluding hydrogens is 260 g/mol. The maximum absolute atomic E-state index is 9.23. The summed E-state index contributed by atoms with van der Waals surface area (Å²) >= 11 is 0. The van der Waals surface area contributed by atoms with Crippen LogP contribution in [0.4, 0.5) is 0 Å². The zero-order valence-corrected chi connectivity index (χ0v) is 14.2. The quantitative estimate of drug-likeness (QED) is 0.785. The van der Waals surface area contributed by atoms with Crippen LogP contribution < -0.4 is 4.74 Å². The molecule has 1 aromatic rings. The molecule has 1 rings (SSSR count). The zero-order chi connectivity index (χ0) is 16.0. The third-order valence-corrected chi connectivity index (χ3v) is 3.99. The molecule has 1 unspecified atom stereocenters. The molecule has 1 N–H and O–H groups in total. The highest BCUT2D eigenvalue weighted by Gasteiger charge is 2.10. The molecule has 2 heteroatoms. The molecule has 0 fully saturated rings. The standard InChI is InChI=1S/C19H28O2/c1-13(8-7-9-15(3)20)10-11-18-14(2)12-19(21-6)17(5)16(18)4/h7,12,15,20H,9-11H2,1-6H3. The summed E-state index contributed by atoms with van der Waals surface area (Å²) in [5.74, 6) is 0.970. The van der Waals surface area contributed by atoms with E-state index in [1.807, 2.05) is 6.08 Å². The Kier molecular flexibility index (Phi) is 6.74. The van der Waals surface area contributed by atoms with Crippen LogP contribution in [-0.2, 0) is 6.42 Å². The third-order valence-electron chi connectivity index (χ3n) is 3.99. The van der Waals surface area contributed by atoms with Crippen LogP contribution in [0.3, 0.4) is 0 Å². The number of aliphatic hydroxyl groups is 1. The van der Waals surface area contributed by atoms with Crippen molar-refractivity contribution in [2.45, 2.75) is 60.0 Å². The van der Waals surface area contributed by atoms with Gasteiger partial charge in [-0.2, -0.15) is 0 Å². The van der Waals surface area contributed by atoms with E-state index in [2.05, 4.69) is 39.5 Å². The molecular formula is C19H28O2. The van der Waals surface area contributed by atoms with Gasteiger partial charge in [0.1, 0.15) is 5.75 Å². The fraction of sp³-hybridized carbons (Fsp3) is 0.526. The summed E-state index contributed by atoms with van der Waals surface area (Å²) in [4.78, 5) is 0. The van der Waals surface area contributed by atoms with Gasteiger partial charge >= 0.3 is 0 Å². The van der Waals surface area contributed by atoms with Gasteiger partial charge in [-0.3, -0.25) is 0 Å². The number of aryl methyl sites for hydroxylation is 1. The summed E-state index contributed by atoms with van der Waals surface area (Å²) in [5, 5.41) is 9.23. The van der Waals surface area contributed by atoms with Crippen molar-refractivity contribution in [3.8, 4) is 5.75 Å². The summed E-state index contributed by atoms with van der Waals surface area (Å²) < 4.78 is 5.42. The van der Waals surface area contributed by atoms with Crippen molar-refractivity contribution < 1.29 is 9.84 Å². The Morgan fingerprint density at radius 2 is 2.00 bits per heavy atom. The summed E-state index contributed by atoms with van der Waals surface area (Å²) in [5.41, 5.74) is 9.74. The second-order valence-electron chi connectivity index (χ2n) is 5.84. The summed E-state index contributed by atoms with van der Waals surface area (Å²) in [6.45, 7) is 10.3. The van der Waals surface area contributed by atoms with Crippen LogP contribution in [0, 0.1) is 20.8 Å². The molecule has 0 aromatic heterocycles. The topological polar surface area (TPSA) is 29.5 Å². The number of hydrogen-bond donors (Lipinski definition) is 1. The van der Waals surface area contributed by atoms with E-state index < -0.39 is 0 Å². The van der Waals surface area contributed by atoms with Crippen LogP contribution in [0.5, 0.6) is 5.75 Å². The molecule has 116 valence electrons. The first-order chi connectivity index (χ1) is 9.86. The van der Waals surface area contributed by atoms with E-state index in [4.69, 9.17) is 4.74 Å². The van der Waals surface area contributed by atoms with Gasteiger partial charge in [0.15, 0.2) is 0 Å². The summed E-state index contributed by atoms with van der Waals surface area (Å²) in [7, 11) is 1.72. The second-order valence-corrected chi connectivity index (χ2v) is 5.84. The number of aliphatic hydroxyl groups excluding tert-OH is 1. The van der Waals surface area contributed by atoms with Crippen molar-refractivity contribution in [3.05, 3.63) is 45.7 Å². The van der Waals surface area contributed by atoms with Crippen LogP contribution in [0.2, 0.25) is 0 Å². The van der Waals surface area contributed by atoms with Gasteiger partial charge < -0.3 is 9.84 Å². The van der Waals surface area contributed by atoms with Crippen molar-refractivity contribution in [1.29, 1.82) is 0 Å². The maximum Gasteiger partial charge on any atom is 0.122 e. The molecule has 0 radical (unpaired) electrons. The first-order valence-electron chi connectivity index (χ1n) is 7.59. The number of rotatable bonds is 6. The van der Waals surface area contributed by atoms with E-state index >= 15 is 0 Å². The minimum absolute atomic E-state index is 0.293. The van der Waals surface area contributed by atoms with Crippen LogP contribution in [-0.4, -0.2) is 18.3 Å². The molecule has 2 nitrogen and oxygen atoms in total. The first-order valence-corrected chi connectivity index (χ1v) is 7.59. The van der Waals surface area contributed by atoms with Crippen molar-refractivity contribution in [3.63, 3.8) is 0 Å². The smallest absolute Gasteiger partial charge is 0.122 e. The molecule has 0 saturated carbocycles. The van der Waals surface area contributed by atoms with E-state index in [0.717, 1.165) is 18.6 Å². The monoisotopic (exact) mass is 288 g/mol. The Morgan fingerprint density at radius 3 is 2.57 bits per heavy atom. The van der Waals surface area contributed by atoms with Crippen molar-refractivity contribution >= 4 is 0 Å². The minimum Gasteiger partial charge on any atom is -0.496 e. The van der Waals surface area contributed by atoms with E-state index in [-0.39, 0.29) is 6.10 Å². The van der Waals surface area contributed by atoms with Gasteiger partial charge in [-0.1, -0.05) is 0 Å². The molecule has 1 aromatic carbocycles. The molecule has 21 heavy (non-hydrogen) atoms. The molecule has 0 aliphatic rings. The molecule has 0 spiro atoms. The second kappa shape index (κ2) is 8.07. The predicted octanol–water partition coefficient (Wildman–Crippen LogP) is 4.43. The molecule has 0 amide bonds. The third kappa shape index (κ3) is 5.08. The summed E-state index contributed by atoms with van der Waals surface area (Å²) in [6.07, 6.45) is 4.31. The number of benzene rings is 1. The highest BCUT2D eigenvalue weighted by Crippen LogP contribution is 2.28. The summed E-state index contributed by atoms with van der Waals surface area (Å²) in [6, 6.07) is 2.12. The van der Waals surface area contributed by atoms with Crippen LogP contribution >= 0.6 is 0 Å². The lowest BCUT2D eigenvalue weighted by atomic mass is 9.93. The van der Waals surface area contributed by atoms with Gasteiger partial charge in [-0.05, 0) is 93.9 Å². The lowest BCUT2D eigenvalue weighted by Crippen LogP contribution is -2.00. The van der Waals surface area contributed by atoms with E-state index in [1.165, 1.54) is 27.8 Å². The highest BCUT2D eigenvalue weighted by molar-refractivity contribution is 5.48. The average Bonchev–Trinajstić information content (AvgIpc) is 2.42. The van der Waals surface area contributed by atoms with Gasteiger partial charge in [0, 0.05) is 0 Å². The molecule has 0 heterocycles. The maximum atomic E-state index is 9.23. The van der Waals surface area contributed by atoms with Crippen LogP contribution in [0.1, 0.15) is 48.9 Å². The number of hydrogen-bond acceptors (Lipinski definition) is 2. The molecule has 0 bridgehead atoms. The molecule has 0 aliphatic carbocycles. The normalized spacial score (nSPS) is 11.8. The molecule has 0 aliphatic heterocycles. The molecule has 1 atom stereocenters. The largest absolute Gasteiger partial charge is 0.496 e. The molecule has 0 saturated heterocycles.